The van der Waals surface area contributed by atoms with E-state index in [0.29, 0.717) is 11.7 Å². The maximum atomic E-state index is 10.7. The largest absolute Gasteiger partial charge is 0.285 e. The van der Waals surface area contributed by atoms with Crippen LogP contribution in [0.1, 0.15) is 6.92 Å². The number of aromatic nitrogens is 2. The lowest BCUT2D eigenvalue weighted by Crippen LogP contribution is -2.13. The Morgan fingerprint density at radius 3 is 2.78 bits per heavy atom. The van der Waals surface area contributed by atoms with E-state index in [0.717, 1.165) is 0 Å². The summed E-state index contributed by atoms with van der Waals surface area (Å²) in [5.74, 6) is 0. The highest BCUT2D eigenvalue weighted by Crippen LogP contribution is 1.96. The molecule has 0 atom stereocenters. The topological polar surface area (TPSA) is 37.8 Å². The molecule has 9 heavy (non-hydrogen) atoms. The summed E-state index contributed by atoms with van der Waals surface area (Å²) in [6.07, 6.45) is 0. The zero-order chi connectivity index (χ0) is 6.85. The molecule has 0 bridgehead atoms. The van der Waals surface area contributed by atoms with Crippen LogP contribution in [-0.2, 0) is 6.54 Å². The number of halogens is 1. The number of nitrogens with one attached hydrogen (secondary N) is 1. The number of hydrogen-bond donors (Lipinski definition) is 1. The Morgan fingerprint density at radius 1 is 1.89 bits per heavy atom. The number of hydrogen-bond acceptors (Lipinski definition) is 1. The number of rotatable bonds is 1. The Balaban J connectivity index is 3.16. The molecule has 0 radical (unpaired) electrons. The predicted octanol–water partition coefficient (Wildman–Crippen LogP) is 0.850. The molecule has 1 rings (SSSR count). The van der Waals surface area contributed by atoms with Gasteiger partial charge in [0.2, 0.25) is 0 Å². The molecule has 0 aliphatic carbocycles. The third kappa shape index (κ3) is 1.16. The van der Waals surface area contributed by atoms with E-state index < -0.39 is 0 Å². The molecule has 0 fully saturated rings. The van der Waals surface area contributed by atoms with Crippen molar-refractivity contribution in [3.8, 4) is 0 Å². The zero-order valence-electron chi connectivity index (χ0n) is 5.02. The fourth-order valence-electron chi connectivity index (χ4n) is 0.638. The summed E-state index contributed by atoms with van der Waals surface area (Å²) < 4.78 is 1.43. The first-order chi connectivity index (χ1) is 4.24. The third-order valence-electron chi connectivity index (χ3n) is 1.07. The van der Waals surface area contributed by atoms with Crippen molar-refractivity contribution in [1.82, 2.24) is 9.78 Å². The average molecular weight is 147 g/mol. The summed E-state index contributed by atoms with van der Waals surface area (Å²) in [6.45, 7) is 2.50. The molecule has 0 aliphatic rings. The Hall–Kier alpha value is -0.700. The van der Waals surface area contributed by atoms with Crippen LogP contribution in [0.2, 0.25) is 5.15 Å². The number of aromatic amines is 1. The van der Waals surface area contributed by atoms with Crippen LogP contribution in [0.15, 0.2) is 10.9 Å². The third-order valence-corrected chi connectivity index (χ3v) is 1.27. The quantitative estimate of drug-likeness (QED) is 0.627. The van der Waals surface area contributed by atoms with Gasteiger partial charge in [-0.25, -0.2) is 0 Å². The Labute approximate surface area is 57.2 Å². The molecular weight excluding hydrogens is 140 g/mol. The maximum Gasteiger partial charge on any atom is 0.267 e. The summed E-state index contributed by atoms with van der Waals surface area (Å²) >= 11 is 5.47. The van der Waals surface area contributed by atoms with Crippen LogP contribution in [-0.4, -0.2) is 9.78 Å². The van der Waals surface area contributed by atoms with Gasteiger partial charge >= 0.3 is 0 Å². The standard InChI is InChI=1S/C5H7ClN2O/c1-2-8-5(9)3-4(6)7-8/h3,7H,2H2,1H3. The second-order valence-electron chi connectivity index (χ2n) is 1.69. The van der Waals surface area contributed by atoms with Crippen LogP contribution in [0, 0.1) is 0 Å². The van der Waals surface area contributed by atoms with Crippen LogP contribution in [0.3, 0.4) is 0 Å². The highest BCUT2D eigenvalue weighted by molar-refractivity contribution is 6.29. The fourth-order valence-corrected chi connectivity index (χ4v) is 0.833. The highest BCUT2D eigenvalue weighted by atomic mass is 35.5. The summed E-state index contributed by atoms with van der Waals surface area (Å²) in [7, 11) is 0. The Morgan fingerprint density at radius 2 is 2.56 bits per heavy atom. The average Bonchev–Trinajstić information content (AvgIpc) is 2.10. The molecule has 1 aromatic heterocycles. The fraction of sp³-hybridized carbons (Fsp3) is 0.400. The highest BCUT2D eigenvalue weighted by Gasteiger charge is 1.95. The molecular formula is C5H7ClN2O. The SMILES string of the molecule is CCn1[nH]c(Cl)cc1=O. The van der Waals surface area contributed by atoms with Crippen molar-refractivity contribution in [2.45, 2.75) is 13.5 Å². The number of H-pyrrole nitrogens is 1. The van der Waals surface area contributed by atoms with Crippen LogP contribution in [0.5, 0.6) is 0 Å². The van der Waals surface area contributed by atoms with Gasteiger partial charge in [-0.05, 0) is 6.92 Å². The first kappa shape index (κ1) is 6.42. The first-order valence-corrected chi connectivity index (χ1v) is 3.07. The van der Waals surface area contributed by atoms with Crippen LogP contribution < -0.4 is 5.56 Å². The van der Waals surface area contributed by atoms with Crippen molar-refractivity contribution in [1.29, 1.82) is 0 Å². The summed E-state index contributed by atoms with van der Waals surface area (Å²) in [4.78, 5) is 10.7. The lowest BCUT2D eigenvalue weighted by atomic mass is 10.7. The lowest BCUT2D eigenvalue weighted by molar-refractivity contribution is 0.638. The van der Waals surface area contributed by atoms with E-state index in [1.807, 2.05) is 6.92 Å². The minimum Gasteiger partial charge on any atom is -0.285 e. The molecule has 0 amide bonds. The van der Waals surface area contributed by atoms with Crippen molar-refractivity contribution in [3.05, 3.63) is 21.6 Å². The van der Waals surface area contributed by atoms with Gasteiger partial charge < -0.3 is 0 Å². The molecule has 0 aliphatic heterocycles. The van der Waals surface area contributed by atoms with E-state index >= 15 is 0 Å². The van der Waals surface area contributed by atoms with Gasteiger partial charge in [0.1, 0.15) is 5.15 Å². The molecule has 50 valence electrons. The summed E-state index contributed by atoms with van der Waals surface area (Å²) in [6, 6.07) is 1.35. The van der Waals surface area contributed by atoms with Gasteiger partial charge in [-0.15, -0.1) is 0 Å². The van der Waals surface area contributed by atoms with E-state index in [9.17, 15) is 4.79 Å². The monoisotopic (exact) mass is 146 g/mol. The zero-order valence-corrected chi connectivity index (χ0v) is 5.77. The minimum absolute atomic E-state index is 0.0810. The molecule has 1 aromatic rings. The maximum absolute atomic E-state index is 10.7. The van der Waals surface area contributed by atoms with Crippen molar-refractivity contribution in [2.24, 2.45) is 0 Å². The normalized spacial score (nSPS) is 10.0. The molecule has 3 nitrogen and oxygen atoms in total. The molecule has 4 heteroatoms. The van der Waals surface area contributed by atoms with E-state index in [4.69, 9.17) is 11.6 Å². The van der Waals surface area contributed by atoms with Crippen molar-refractivity contribution >= 4 is 11.6 Å². The van der Waals surface area contributed by atoms with Gasteiger partial charge in [-0.2, -0.15) is 0 Å². The second-order valence-corrected chi connectivity index (χ2v) is 2.09. The Kier molecular flexibility index (Phi) is 1.62. The predicted molar refractivity (Wildman–Crippen MR) is 35.7 cm³/mol. The van der Waals surface area contributed by atoms with Gasteiger partial charge in [0.25, 0.3) is 5.56 Å². The number of aryl methyl sites for hydroxylation is 1. The molecule has 0 saturated carbocycles. The Bertz CT molecular complexity index is 250. The van der Waals surface area contributed by atoms with Gasteiger partial charge in [-0.1, -0.05) is 11.6 Å². The summed E-state index contributed by atoms with van der Waals surface area (Å²) in [5, 5.41) is 3.05. The van der Waals surface area contributed by atoms with Crippen LogP contribution in [0.4, 0.5) is 0 Å². The number of nitrogens with zero attached hydrogens (tertiary/aromatic N) is 1. The minimum atomic E-state index is -0.0810. The van der Waals surface area contributed by atoms with Gasteiger partial charge in [0.15, 0.2) is 0 Å². The van der Waals surface area contributed by atoms with Crippen molar-refractivity contribution < 1.29 is 0 Å². The lowest BCUT2D eigenvalue weighted by Gasteiger charge is -1.90. The van der Waals surface area contributed by atoms with Gasteiger partial charge in [-0.3, -0.25) is 14.6 Å². The first-order valence-electron chi connectivity index (χ1n) is 2.69. The van der Waals surface area contributed by atoms with Gasteiger partial charge in [0.05, 0.1) is 0 Å². The van der Waals surface area contributed by atoms with E-state index in [1.165, 1.54) is 10.7 Å². The molecule has 0 saturated heterocycles. The second kappa shape index (κ2) is 2.27. The van der Waals surface area contributed by atoms with Crippen molar-refractivity contribution in [2.75, 3.05) is 0 Å². The van der Waals surface area contributed by atoms with E-state index in [2.05, 4.69) is 5.10 Å². The smallest absolute Gasteiger partial charge is 0.267 e. The van der Waals surface area contributed by atoms with E-state index in [-0.39, 0.29) is 5.56 Å². The van der Waals surface area contributed by atoms with Crippen LogP contribution in [0.25, 0.3) is 0 Å². The van der Waals surface area contributed by atoms with Crippen LogP contribution >= 0.6 is 11.6 Å². The molecule has 1 heterocycles. The van der Waals surface area contributed by atoms with Crippen molar-refractivity contribution in [3.63, 3.8) is 0 Å². The molecule has 1 N–H and O–H groups in total. The van der Waals surface area contributed by atoms with Gasteiger partial charge in [0, 0.05) is 12.6 Å². The van der Waals surface area contributed by atoms with E-state index in [1.54, 1.807) is 0 Å². The summed E-state index contributed by atoms with van der Waals surface area (Å²) in [5.41, 5.74) is -0.0810. The molecule has 0 spiro atoms. The molecule has 0 unspecified atom stereocenters. The molecule has 0 aromatic carbocycles.